The smallest absolute Gasteiger partial charge is 0.0897 e. The van der Waals surface area contributed by atoms with Crippen molar-refractivity contribution in [2.75, 3.05) is 32.9 Å². The summed E-state index contributed by atoms with van der Waals surface area (Å²) in [7, 11) is 0. The van der Waals surface area contributed by atoms with Crippen LogP contribution in [0, 0.1) is 5.41 Å². The van der Waals surface area contributed by atoms with E-state index in [1.54, 1.807) is 0 Å². The molecule has 1 fully saturated rings. The molecule has 0 spiro atoms. The summed E-state index contributed by atoms with van der Waals surface area (Å²) in [6.45, 7) is 4.96. The van der Waals surface area contributed by atoms with E-state index in [0.29, 0.717) is 13.2 Å². The number of hydrogen-bond donors (Lipinski definition) is 3. The van der Waals surface area contributed by atoms with E-state index in [9.17, 15) is 10.2 Å². The molecule has 0 aromatic rings. The first-order valence-corrected chi connectivity index (χ1v) is 8.30. The highest BCUT2D eigenvalue weighted by Crippen LogP contribution is 2.36. The van der Waals surface area contributed by atoms with Crippen molar-refractivity contribution < 1.29 is 14.9 Å². The maximum atomic E-state index is 9.83. The number of aliphatic hydroxyl groups excluding tert-OH is 2. The van der Waals surface area contributed by atoms with Crippen molar-refractivity contribution in [3.05, 3.63) is 0 Å². The van der Waals surface area contributed by atoms with Crippen LogP contribution in [0.2, 0.25) is 0 Å². The molecule has 1 unspecified atom stereocenters. The van der Waals surface area contributed by atoms with Crippen LogP contribution in [-0.4, -0.2) is 49.2 Å². The van der Waals surface area contributed by atoms with Gasteiger partial charge in [0.05, 0.1) is 12.7 Å². The molecule has 0 bridgehead atoms. The molecule has 0 aromatic heterocycles. The van der Waals surface area contributed by atoms with Gasteiger partial charge < -0.3 is 20.3 Å². The second kappa shape index (κ2) is 10.6. The van der Waals surface area contributed by atoms with Crippen LogP contribution in [0.15, 0.2) is 0 Å². The van der Waals surface area contributed by atoms with Gasteiger partial charge in [0, 0.05) is 31.7 Å². The number of unbranched alkanes of at least 4 members (excludes halogenated alkanes) is 3. The van der Waals surface area contributed by atoms with Gasteiger partial charge in [-0.2, -0.15) is 0 Å². The molecule has 0 saturated heterocycles. The first-order chi connectivity index (χ1) is 9.72. The second-order valence-electron chi connectivity index (χ2n) is 6.29. The molecule has 0 radical (unpaired) electrons. The van der Waals surface area contributed by atoms with Gasteiger partial charge in [0.15, 0.2) is 0 Å². The Labute approximate surface area is 123 Å². The van der Waals surface area contributed by atoms with Crippen molar-refractivity contribution in [3.8, 4) is 0 Å². The van der Waals surface area contributed by atoms with Crippen LogP contribution in [0.4, 0.5) is 0 Å². The Morgan fingerprint density at radius 1 is 1.20 bits per heavy atom. The summed E-state index contributed by atoms with van der Waals surface area (Å²) in [5.41, 5.74) is 0.0563. The van der Waals surface area contributed by atoms with E-state index in [1.165, 1.54) is 32.1 Å². The summed E-state index contributed by atoms with van der Waals surface area (Å²) < 4.78 is 5.48. The van der Waals surface area contributed by atoms with E-state index in [2.05, 4.69) is 12.2 Å². The summed E-state index contributed by atoms with van der Waals surface area (Å²) in [5.74, 6) is 0. The van der Waals surface area contributed by atoms with Gasteiger partial charge in [-0.25, -0.2) is 0 Å². The minimum Gasteiger partial charge on any atom is -0.396 e. The summed E-state index contributed by atoms with van der Waals surface area (Å²) in [4.78, 5) is 0. The summed E-state index contributed by atoms with van der Waals surface area (Å²) in [5, 5.41) is 22.6. The molecule has 1 atom stereocenters. The Hall–Kier alpha value is -0.160. The molecule has 4 heteroatoms. The lowest BCUT2D eigenvalue weighted by Crippen LogP contribution is -2.39. The molecule has 1 aliphatic rings. The van der Waals surface area contributed by atoms with Crippen LogP contribution in [0.3, 0.4) is 0 Å². The van der Waals surface area contributed by atoms with Gasteiger partial charge in [0.2, 0.25) is 0 Å². The Morgan fingerprint density at radius 3 is 2.60 bits per heavy atom. The van der Waals surface area contributed by atoms with Gasteiger partial charge in [-0.1, -0.05) is 39.0 Å². The first kappa shape index (κ1) is 17.9. The van der Waals surface area contributed by atoms with Crippen molar-refractivity contribution in [3.63, 3.8) is 0 Å². The molecular formula is C16H33NO3. The quantitative estimate of drug-likeness (QED) is 0.481. The van der Waals surface area contributed by atoms with Crippen molar-refractivity contribution in [1.29, 1.82) is 0 Å². The average molecular weight is 287 g/mol. The van der Waals surface area contributed by atoms with Crippen LogP contribution >= 0.6 is 0 Å². The lowest BCUT2D eigenvalue weighted by molar-refractivity contribution is 0.0325. The van der Waals surface area contributed by atoms with E-state index in [4.69, 9.17) is 4.74 Å². The maximum Gasteiger partial charge on any atom is 0.0897 e. The predicted octanol–water partition coefficient (Wildman–Crippen LogP) is 2.09. The average Bonchev–Trinajstić information content (AvgIpc) is 2.92. The molecule has 1 saturated carbocycles. The number of aliphatic hydroxyl groups is 2. The fourth-order valence-electron chi connectivity index (χ4n) is 2.93. The SMILES string of the molecule is CCCCCCOCC(O)CNCC1(CO)CCCC1. The summed E-state index contributed by atoms with van der Waals surface area (Å²) in [6.07, 6.45) is 8.97. The first-order valence-electron chi connectivity index (χ1n) is 8.30. The minimum atomic E-state index is -0.446. The molecule has 0 aromatic carbocycles. The topological polar surface area (TPSA) is 61.7 Å². The fraction of sp³-hybridized carbons (Fsp3) is 1.00. The Morgan fingerprint density at radius 2 is 1.95 bits per heavy atom. The molecular weight excluding hydrogens is 254 g/mol. The lowest BCUT2D eigenvalue weighted by atomic mass is 9.87. The summed E-state index contributed by atoms with van der Waals surface area (Å²) in [6, 6.07) is 0. The van der Waals surface area contributed by atoms with Gasteiger partial charge in [0.25, 0.3) is 0 Å². The third kappa shape index (κ3) is 7.02. The molecule has 120 valence electrons. The highest BCUT2D eigenvalue weighted by atomic mass is 16.5. The van der Waals surface area contributed by atoms with Crippen LogP contribution < -0.4 is 5.32 Å². The van der Waals surface area contributed by atoms with Crippen LogP contribution in [0.5, 0.6) is 0 Å². The molecule has 1 rings (SSSR count). The molecule has 0 aliphatic heterocycles. The zero-order valence-corrected chi connectivity index (χ0v) is 13.1. The van der Waals surface area contributed by atoms with E-state index in [0.717, 1.165) is 32.4 Å². The molecule has 3 N–H and O–H groups in total. The minimum absolute atomic E-state index is 0.0563. The third-order valence-electron chi connectivity index (χ3n) is 4.33. The molecule has 4 nitrogen and oxygen atoms in total. The Balaban J connectivity index is 1.98. The molecule has 0 amide bonds. The Bertz CT molecular complexity index is 230. The molecule has 0 heterocycles. The third-order valence-corrected chi connectivity index (χ3v) is 4.33. The van der Waals surface area contributed by atoms with Gasteiger partial charge in [0.1, 0.15) is 0 Å². The van der Waals surface area contributed by atoms with E-state index < -0.39 is 6.10 Å². The van der Waals surface area contributed by atoms with Crippen molar-refractivity contribution in [2.45, 2.75) is 64.4 Å². The van der Waals surface area contributed by atoms with E-state index in [-0.39, 0.29) is 12.0 Å². The normalized spacial score (nSPS) is 19.4. The number of ether oxygens (including phenoxy) is 1. The maximum absolute atomic E-state index is 9.83. The monoisotopic (exact) mass is 287 g/mol. The van der Waals surface area contributed by atoms with Crippen molar-refractivity contribution in [2.24, 2.45) is 5.41 Å². The molecule has 20 heavy (non-hydrogen) atoms. The Kier molecular flexibility index (Phi) is 9.44. The van der Waals surface area contributed by atoms with Crippen LogP contribution in [0.1, 0.15) is 58.3 Å². The second-order valence-corrected chi connectivity index (χ2v) is 6.29. The lowest BCUT2D eigenvalue weighted by Gasteiger charge is -2.27. The largest absolute Gasteiger partial charge is 0.396 e. The number of nitrogens with one attached hydrogen (secondary N) is 1. The van der Waals surface area contributed by atoms with E-state index >= 15 is 0 Å². The fourth-order valence-corrected chi connectivity index (χ4v) is 2.93. The molecule has 1 aliphatic carbocycles. The predicted molar refractivity (Wildman–Crippen MR) is 81.8 cm³/mol. The van der Waals surface area contributed by atoms with Gasteiger partial charge in [-0.3, -0.25) is 0 Å². The van der Waals surface area contributed by atoms with Crippen molar-refractivity contribution in [1.82, 2.24) is 5.32 Å². The van der Waals surface area contributed by atoms with Gasteiger partial charge in [-0.05, 0) is 19.3 Å². The van der Waals surface area contributed by atoms with Crippen molar-refractivity contribution >= 4 is 0 Å². The van der Waals surface area contributed by atoms with Gasteiger partial charge in [-0.15, -0.1) is 0 Å². The van der Waals surface area contributed by atoms with E-state index in [1.807, 2.05) is 0 Å². The highest BCUT2D eigenvalue weighted by molar-refractivity contribution is 4.86. The van der Waals surface area contributed by atoms with Crippen LogP contribution in [0.25, 0.3) is 0 Å². The number of hydrogen-bond acceptors (Lipinski definition) is 4. The van der Waals surface area contributed by atoms with Gasteiger partial charge >= 0.3 is 0 Å². The zero-order chi connectivity index (χ0) is 14.7. The zero-order valence-electron chi connectivity index (χ0n) is 13.1. The van der Waals surface area contributed by atoms with Crippen LogP contribution in [-0.2, 0) is 4.74 Å². The standard InChI is InChI=1S/C16H33NO3/c1-2-3-4-7-10-20-12-15(19)11-17-13-16(14-18)8-5-6-9-16/h15,17-19H,2-14H2,1H3. The number of rotatable bonds is 12. The highest BCUT2D eigenvalue weighted by Gasteiger charge is 2.32. The summed E-state index contributed by atoms with van der Waals surface area (Å²) >= 11 is 0.